The minimum absolute atomic E-state index is 0.0818. The normalized spacial score (nSPS) is 14.3. The maximum atomic E-state index is 12.3. The second-order valence-electron chi connectivity index (χ2n) is 5.55. The quantitative estimate of drug-likeness (QED) is 0.348. The van der Waals surface area contributed by atoms with E-state index in [0.717, 1.165) is 12.1 Å². The summed E-state index contributed by atoms with van der Waals surface area (Å²) in [4.78, 5) is 24.6. The molecule has 0 fully saturated rings. The van der Waals surface area contributed by atoms with Crippen molar-refractivity contribution in [2.75, 3.05) is 0 Å². The van der Waals surface area contributed by atoms with Crippen molar-refractivity contribution in [2.45, 2.75) is 10.9 Å². The van der Waals surface area contributed by atoms with Gasteiger partial charge in [0.1, 0.15) is 0 Å². The summed E-state index contributed by atoms with van der Waals surface area (Å²) < 4.78 is 62.1. The van der Waals surface area contributed by atoms with Crippen LogP contribution in [-0.4, -0.2) is 58.6 Å². The highest BCUT2D eigenvalue weighted by atomic mass is 32.2. The van der Waals surface area contributed by atoms with Gasteiger partial charge in [0.05, 0.1) is 0 Å². The third kappa shape index (κ3) is 4.49. The van der Waals surface area contributed by atoms with E-state index in [2.05, 4.69) is 0 Å². The Bertz CT molecular complexity index is 1040. The number of Topliss-reactive ketones (excluding diaryl/α,β-unsaturated/α-hetero) is 2. The van der Waals surface area contributed by atoms with Crippen molar-refractivity contribution < 1.29 is 45.7 Å². The average Bonchev–Trinajstić information content (AvgIpc) is 2.64. The molecular weight excluding hydrogens is 416 g/mol. The molecule has 0 aliphatic rings. The lowest BCUT2D eigenvalue weighted by Crippen LogP contribution is -2.31. The van der Waals surface area contributed by atoms with E-state index in [-0.39, 0.29) is 11.1 Å². The summed E-state index contributed by atoms with van der Waals surface area (Å²) in [5.74, 6) is -2.79. The molecule has 4 N–H and O–H groups in total. The van der Waals surface area contributed by atoms with Gasteiger partial charge in [-0.05, 0) is 11.1 Å². The van der Waals surface area contributed by atoms with E-state index in [4.69, 9.17) is 9.11 Å². The van der Waals surface area contributed by atoms with Crippen LogP contribution in [0.15, 0.2) is 48.5 Å². The van der Waals surface area contributed by atoms with Crippen LogP contribution in [0.4, 0.5) is 0 Å². The molecule has 10 nitrogen and oxygen atoms in total. The van der Waals surface area contributed by atoms with Crippen molar-refractivity contribution in [1.82, 2.24) is 0 Å². The van der Waals surface area contributed by atoms with Gasteiger partial charge in [0.2, 0.25) is 22.4 Å². The van der Waals surface area contributed by atoms with E-state index in [0.29, 0.717) is 0 Å². The van der Waals surface area contributed by atoms with Gasteiger partial charge in [0, 0.05) is 11.1 Å². The predicted octanol–water partition coefficient (Wildman–Crippen LogP) is 0.131. The van der Waals surface area contributed by atoms with Gasteiger partial charge in [-0.15, -0.1) is 0 Å². The van der Waals surface area contributed by atoms with E-state index in [9.17, 15) is 36.6 Å². The van der Waals surface area contributed by atoms with Crippen LogP contribution in [0.5, 0.6) is 0 Å². The Morgan fingerprint density at radius 1 is 0.643 bits per heavy atom. The SMILES string of the molecule is O=C(c1ccccc1-c1ccccc1C(=O)C(O)S(=O)(=O)O)C(O)S(=O)(=O)O. The Morgan fingerprint density at radius 2 is 0.929 bits per heavy atom. The number of ketones is 2. The molecule has 0 aliphatic heterocycles. The van der Waals surface area contributed by atoms with Gasteiger partial charge >= 0.3 is 0 Å². The molecule has 0 saturated carbocycles. The van der Waals surface area contributed by atoms with E-state index < -0.39 is 53.8 Å². The Kier molecular flexibility index (Phi) is 6.13. The summed E-state index contributed by atoms with van der Waals surface area (Å²) in [5.41, 5.74) is -6.51. The molecule has 2 rings (SSSR count). The van der Waals surface area contributed by atoms with Gasteiger partial charge in [0.15, 0.2) is 0 Å². The van der Waals surface area contributed by atoms with Gasteiger partial charge < -0.3 is 10.2 Å². The van der Waals surface area contributed by atoms with Gasteiger partial charge in [0.25, 0.3) is 20.2 Å². The second kappa shape index (κ2) is 7.87. The van der Waals surface area contributed by atoms with Gasteiger partial charge in [-0.25, -0.2) is 0 Å². The van der Waals surface area contributed by atoms with E-state index >= 15 is 0 Å². The molecule has 0 aliphatic carbocycles. The minimum Gasteiger partial charge on any atom is -0.369 e. The van der Waals surface area contributed by atoms with Crippen molar-refractivity contribution in [1.29, 1.82) is 0 Å². The zero-order valence-corrected chi connectivity index (χ0v) is 15.5. The third-order valence-corrected chi connectivity index (χ3v) is 5.24. The Balaban J connectivity index is 2.67. The fourth-order valence-corrected chi connectivity index (χ4v) is 3.20. The fraction of sp³-hybridized carbons (Fsp3) is 0.125. The van der Waals surface area contributed by atoms with E-state index in [1.54, 1.807) is 0 Å². The first-order valence-corrected chi connectivity index (χ1v) is 10.4. The number of benzene rings is 2. The van der Waals surface area contributed by atoms with Crippen molar-refractivity contribution in [3.63, 3.8) is 0 Å². The van der Waals surface area contributed by atoms with Crippen LogP contribution in [0, 0.1) is 0 Å². The summed E-state index contributed by atoms with van der Waals surface area (Å²) in [6, 6.07) is 10.2. The number of carbonyl (C=O) groups excluding carboxylic acids is 2. The highest BCUT2D eigenvalue weighted by Crippen LogP contribution is 2.29. The molecule has 0 bridgehead atoms. The highest BCUT2D eigenvalue weighted by Gasteiger charge is 2.33. The van der Waals surface area contributed by atoms with E-state index in [1.807, 2.05) is 0 Å². The maximum absolute atomic E-state index is 12.3. The molecule has 0 saturated heterocycles. The Morgan fingerprint density at radius 3 is 1.21 bits per heavy atom. The molecule has 0 spiro atoms. The number of rotatable bonds is 7. The predicted molar refractivity (Wildman–Crippen MR) is 95.6 cm³/mol. The molecular formula is C16H14O10S2. The molecule has 12 heteroatoms. The lowest BCUT2D eigenvalue weighted by molar-refractivity contribution is 0.0840. The second-order valence-corrected chi connectivity index (χ2v) is 8.51. The molecule has 0 radical (unpaired) electrons. The monoisotopic (exact) mass is 430 g/mol. The molecule has 0 amide bonds. The molecule has 0 aromatic heterocycles. The minimum atomic E-state index is -5.12. The summed E-state index contributed by atoms with van der Waals surface area (Å²) in [6.07, 6.45) is 0. The first kappa shape index (κ1) is 21.8. The first-order valence-electron chi connectivity index (χ1n) is 7.41. The lowest BCUT2D eigenvalue weighted by atomic mass is 9.92. The number of hydrogen-bond donors (Lipinski definition) is 4. The van der Waals surface area contributed by atoms with Crippen LogP contribution >= 0.6 is 0 Å². The third-order valence-electron chi connectivity index (χ3n) is 3.69. The molecule has 28 heavy (non-hydrogen) atoms. The Labute approximate surface area is 159 Å². The van der Waals surface area contributed by atoms with Crippen molar-refractivity contribution in [2.24, 2.45) is 0 Å². The maximum Gasteiger partial charge on any atom is 0.299 e. The van der Waals surface area contributed by atoms with Crippen LogP contribution in [0.2, 0.25) is 0 Å². The molecule has 2 aromatic rings. The van der Waals surface area contributed by atoms with Crippen molar-refractivity contribution in [3.05, 3.63) is 59.7 Å². The molecule has 2 aromatic carbocycles. The van der Waals surface area contributed by atoms with Crippen molar-refractivity contribution in [3.8, 4) is 11.1 Å². The number of carbonyl (C=O) groups is 2. The number of hydrogen-bond acceptors (Lipinski definition) is 8. The smallest absolute Gasteiger partial charge is 0.299 e. The van der Waals surface area contributed by atoms with Crippen molar-refractivity contribution >= 4 is 31.8 Å². The topological polar surface area (TPSA) is 183 Å². The van der Waals surface area contributed by atoms with Gasteiger partial charge in [-0.2, -0.15) is 16.8 Å². The first-order chi connectivity index (χ1) is 12.9. The molecule has 2 unspecified atom stereocenters. The molecule has 0 heterocycles. The molecule has 150 valence electrons. The zero-order valence-electron chi connectivity index (χ0n) is 13.8. The Hall–Kier alpha value is -2.48. The number of aliphatic hydroxyl groups is 2. The van der Waals surface area contributed by atoms with Crippen LogP contribution in [0.25, 0.3) is 11.1 Å². The van der Waals surface area contributed by atoms with Crippen LogP contribution in [0.1, 0.15) is 20.7 Å². The summed E-state index contributed by atoms with van der Waals surface area (Å²) in [7, 11) is -10.2. The summed E-state index contributed by atoms with van der Waals surface area (Å²) in [5, 5.41) is 19.1. The fourth-order valence-electron chi connectivity index (χ4n) is 2.40. The number of aliphatic hydroxyl groups excluding tert-OH is 2. The zero-order chi connectivity index (χ0) is 21.3. The lowest BCUT2D eigenvalue weighted by Gasteiger charge is -2.15. The highest BCUT2D eigenvalue weighted by molar-refractivity contribution is 7.87. The average molecular weight is 430 g/mol. The van der Waals surface area contributed by atoms with Crippen LogP contribution in [-0.2, 0) is 20.2 Å². The van der Waals surface area contributed by atoms with E-state index in [1.165, 1.54) is 36.4 Å². The summed E-state index contributed by atoms with van der Waals surface area (Å²) >= 11 is 0. The standard InChI is InChI=1S/C16H14O10S2/c17-13(15(19)27(21,22)23)11-7-3-1-5-9(11)10-6-2-4-8-12(10)14(18)16(20)28(24,25)26/h1-8,15-16,19-20H,(H,21,22,23)(H,24,25,26). The summed E-state index contributed by atoms with van der Waals surface area (Å²) in [6.45, 7) is 0. The van der Waals surface area contributed by atoms with Gasteiger partial charge in [-0.1, -0.05) is 48.5 Å². The van der Waals surface area contributed by atoms with Gasteiger partial charge in [-0.3, -0.25) is 18.7 Å². The largest absolute Gasteiger partial charge is 0.369 e. The molecule has 2 atom stereocenters. The van der Waals surface area contributed by atoms with Crippen LogP contribution in [0.3, 0.4) is 0 Å². The van der Waals surface area contributed by atoms with Crippen LogP contribution < -0.4 is 0 Å².